The molecule has 2 aromatic carbocycles. The summed E-state index contributed by atoms with van der Waals surface area (Å²) in [5.41, 5.74) is 1.70. The molecule has 0 radical (unpaired) electrons. The Balaban J connectivity index is 1.72. The van der Waals surface area contributed by atoms with Gasteiger partial charge in [-0.15, -0.1) is 0 Å². The Morgan fingerprint density at radius 3 is 2.50 bits per heavy atom. The van der Waals surface area contributed by atoms with Gasteiger partial charge >= 0.3 is 5.69 Å². The number of nitrogens with zero attached hydrogens (tertiary/aromatic N) is 3. The maximum Gasteiger partial charge on any atom is 0.329 e. The fraction of sp³-hybridized carbons (Fsp3) is 0.286. The van der Waals surface area contributed by atoms with Gasteiger partial charge in [-0.25, -0.2) is 4.79 Å². The van der Waals surface area contributed by atoms with Gasteiger partial charge in [-0.05, 0) is 52.2 Å². The summed E-state index contributed by atoms with van der Waals surface area (Å²) in [6.45, 7) is 0.143. The summed E-state index contributed by atoms with van der Waals surface area (Å²) in [4.78, 5) is 40.0. The standard InChI is InChI=1S/C21H19BrClN3O4/c1-24-17-9-14(22)15(23)10-18(17)26(21(24)29)16-7-8-19(27)25(20(16)28)11-12-3-5-13(30-2)6-4-12/h3-6,9-10,16H,7-8,11H2,1-2H3. The lowest BCUT2D eigenvalue weighted by atomic mass is 10.0. The first-order valence-corrected chi connectivity index (χ1v) is 10.5. The van der Waals surface area contributed by atoms with Crippen LogP contribution in [-0.4, -0.2) is 33.0 Å². The van der Waals surface area contributed by atoms with E-state index in [1.54, 1.807) is 38.4 Å². The summed E-state index contributed by atoms with van der Waals surface area (Å²) in [5, 5.41) is 0.441. The minimum absolute atomic E-state index is 0.143. The monoisotopic (exact) mass is 491 g/mol. The maximum atomic E-state index is 13.3. The van der Waals surface area contributed by atoms with Crippen LogP contribution in [0.5, 0.6) is 5.75 Å². The molecule has 1 aliphatic heterocycles. The third-order valence-electron chi connectivity index (χ3n) is 5.43. The van der Waals surface area contributed by atoms with Crippen LogP contribution in [0.2, 0.25) is 5.02 Å². The first kappa shape index (κ1) is 20.7. The number of hydrogen-bond donors (Lipinski definition) is 0. The highest BCUT2D eigenvalue weighted by Gasteiger charge is 2.37. The zero-order valence-electron chi connectivity index (χ0n) is 16.4. The predicted octanol–water partition coefficient (Wildman–Crippen LogP) is 3.65. The average molecular weight is 493 g/mol. The fourth-order valence-electron chi connectivity index (χ4n) is 3.80. The van der Waals surface area contributed by atoms with Crippen molar-refractivity contribution in [2.24, 2.45) is 7.05 Å². The number of benzene rings is 2. The van der Waals surface area contributed by atoms with Crippen LogP contribution >= 0.6 is 27.5 Å². The van der Waals surface area contributed by atoms with Crippen LogP contribution in [0.4, 0.5) is 0 Å². The molecule has 0 N–H and O–H groups in total. The molecule has 0 bridgehead atoms. The lowest BCUT2D eigenvalue weighted by molar-refractivity contribution is -0.151. The van der Waals surface area contributed by atoms with Gasteiger partial charge in [0.25, 0.3) is 5.91 Å². The predicted molar refractivity (Wildman–Crippen MR) is 117 cm³/mol. The second-order valence-corrected chi connectivity index (χ2v) is 8.45. The quantitative estimate of drug-likeness (QED) is 0.521. The Bertz CT molecular complexity index is 1220. The number of aromatic nitrogens is 2. The summed E-state index contributed by atoms with van der Waals surface area (Å²) in [7, 11) is 3.22. The molecule has 156 valence electrons. The number of piperidine rings is 1. The van der Waals surface area contributed by atoms with Gasteiger partial charge < -0.3 is 4.74 Å². The van der Waals surface area contributed by atoms with E-state index < -0.39 is 11.9 Å². The van der Waals surface area contributed by atoms with Crippen molar-refractivity contribution in [3.8, 4) is 5.75 Å². The average Bonchev–Trinajstić information content (AvgIpc) is 2.96. The van der Waals surface area contributed by atoms with Crippen molar-refractivity contribution >= 4 is 50.4 Å². The van der Waals surface area contributed by atoms with Crippen LogP contribution in [-0.2, 0) is 23.2 Å². The number of halogens is 2. The van der Waals surface area contributed by atoms with Gasteiger partial charge in [0.15, 0.2) is 0 Å². The van der Waals surface area contributed by atoms with Gasteiger partial charge in [0, 0.05) is 17.9 Å². The fourth-order valence-corrected chi connectivity index (χ4v) is 4.29. The summed E-state index contributed by atoms with van der Waals surface area (Å²) in [6, 6.07) is 9.83. The molecule has 1 unspecified atom stereocenters. The summed E-state index contributed by atoms with van der Waals surface area (Å²) >= 11 is 9.62. The van der Waals surface area contributed by atoms with Crippen molar-refractivity contribution in [1.29, 1.82) is 0 Å². The van der Waals surface area contributed by atoms with Crippen molar-refractivity contribution in [3.05, 3.63) is 61.9 Å². The van der Waals surface area contributed by atoms with Gasteiger partial charge in [0.1, 0.15) is 11.8 Å². The first-order valence-electron chi connectivity index (χ1n) is 9.35. The molecule has 9 heteroatoms. The lowest BCUT2D eigenvalue weighted by Crippen LogP contribution is -2.47. The second-order valence-electron chi connectivity index (χ2n) is 7.19. The third kappa shape index (κ3) is 3.44. The van der Waals surface area contributed by atoms with E-state index in [1.807, 2.05) is 12.1 Å². The van der Waals surface area contributed by atoms with Crippen LogP contribution in [0.15, 0.2) is 45.7 Å². The van der Waals surface area contributed by atoms with E-state index in [4.69, 9.17) is 16.3 Å². The number of aryl methyl sites for hydroxylation is 1. The molecule has 0 aliphatic carbocycles. The van der Waals surface area contributed by atoms with Crippen LogP contribution < -0.4 is 10.4 Å². The molecular formula is C21H19BrClN3O4. The number of rotatable bonds is 4. The number of carbonyl (C=O) groups is 2. The number of imidazole rings is 1. The molecule has 30 heavy (non-hydrogen) atoms. The maximum absolute atomic E-state index is 13.3. The van der Waals surface area contributed by atoms with E-state index in [9.17, 15) is 14.4 Å². The summed E-state index contributed by atoms with van der Waals surface area (Å²) < 4.78 is 8.74. The Kier molecular flexibility index (Phi) is 5.46. The van der Waals surface area contributed by atoms with Gasteiger partial charge in [0.2, 0.25) is 5.91 Å². The highest BCUT2D eigenvalue weighted by molar-refractivity contribution is 9.10. The first-order chi connectivity index (χ1) is 14.3. The summed E-state index contributed by atoms with van der Waals surface area (Å²) in [6.07, 6.45) is 0.448. The van der Waals surface area contributed by atoms with E-state index in [2.05, 4.69) is 15.9 Å². The smallest absolute Gasteiger partial charge is 0.329 e. The number of imide groups is 1. The Morgan fingerprint density at radius 1 is 1.13 bits per heavy atom. The van der Waals surface area contributed by atoms with E-state index in [0.29, 0.717) is 26.3 Å². The number of carbonyl (C=O) groups excluding carboxylic acids is 2. The molecule has 1 saturated heterocycles. The number of methoxy groups -OCH3 is 1. The Hall–Kier alpha value is -2.58. The molecular weight excluding hydrogens is 474 g/mol. The molecule has 0 spiro atoms. The SMILES string of the molecule is COc1ccc(CN2C(=O)CCC(n3c(=O)n(C)c4cc(Br)c(Cl)cc43)C2=O)cc1. The van der Waals surface area contributed by atoms with E-state index in [1.165, 1.54) is 14.0 Å². The van der Waals surface area contributed by atoms with Gasteiger partial charge in [-0.3, -0.25) is 23.6 Å². The molecule has 2 amide bonds. The molecule has 0 saturated carbocycles. The van der Waals surface area contributed by atoms with Crippen molar-refractivity contribution in [2.75, 3.05) is 7.11 Å². The molecule has 4 rings (SSSR count). The van der Waals surface area contributed by atoms with Gasteiger partial charge in [-0.2, -0.15) is 0 Å². The van der Waals surface area contributed by atoms with Crippen molar-refractivity contribution in [1.82, 2.24) is 14.0 Å². The van der Waals surface area contributed by atoms with Crippen LogP contribution in [0.1, 0.15) is 24.4 Å². The summed E-state index contributed by atoms with van der Waals surface area (Å²) in [5.74, 6) is 0.0510. The highest BCUT2D eigenvalue weighted by atomic mass is 79.9. The molecule has 1 atom stereocenters. The van der Waals surface area contributed by atoms with Gasteiger partial charge in [0.05, 0.1) is 29.7 Å². The van der Waals surface area contributed by atoms with Crippen LogP contribution in [0.25, 0.3) is 11.0 Å². The van der Waals surface area contributed by atoms with E-state index in [-0.39, 0.29) is 31.0 Å². The number of amides is 2. The number of ether oxygens (including phenoxy) is 1. The van der Waals surface area contributed by atoms with Crippen molar-refractivity contribution in [2.45, 2.75) is 25.4 Å². The van der Waals surface area contributed by atoms with E-state index >= 15 is 0 Å². The van der Waals surface area contributed by atoms with Crippen LogP contribution in [0, 0.1) is 0 Å². The molecule has 1 fully saturated rings. The minimum atomic E-state index is -0.769. The van der Waals surface area contributed by atoms with Crippen molar-refractivity contribution in [3.63, 3.8) is 0 Å². The second kappa shape index (κ2) is 7.92. The zero-order chi connectivity index (χ0) is 21.6. The minimum Gasteiger partial charge on any atom is -0.497 e. The molecule has 2 heterocycles. The molecule has 1 aliphatic rings. The number of likely N-dealkylation sites (tertiary alicyclic amines) is 1. The Morgan fingerprint density at radius 2 is 1.83 bits per heavy atom. The van der Waals surface area contributed by atoms with Gasteiger partial charge in [-0.1, -0.05) is 23.7 Å². The highest BCUT2D eigenvalue weighted by Crippen LogP contribution is 2.32. The normalized spacial score (nSPS) is 17.1. The molecule has 7 nitrogen and oxygen atoms in total. The topological polar surface area (TPSA) is 73.5 Å². The lowest BCUT2D eigenvalue weighted by Gasteiger charge is -2.31. The Labute approximate surface area is 185 Å². The number of hydrogen-bond acceptors (Lipinski definition) is 4. The zero-order valence-corrected chi connectivity index (χ0v) is 18.7. The van der Waals surface area contributed by atoms with E-state index in [0.717, 1.165) is 5.56 Å². The third-order valence-corrected chi connectivity index (χ3v) is 6.62. The molecule has 1 aromatic heterocycles. The molecule has 3 aromatic rings. The van der Waals surface area contributed by atoms with Crippen molar-refractivity contribution < 1.29 is 14.3 Å². The largest absolute Gasteiger partial charge is 0.497 e. The van der Waals surface area contributed by atoms with Crippen LogP contribution in [0.3, 0.4) is 0 Å². The number of fused-ring (bicyclic) bond motifs is 1.